The van der Waals surface area contributed by atoms with Crippen molar-refractivity contribution in [1.82, 2.24) is 14.3 Å². The van der Waals surface area contributed by atoms with Gasteiger partial charge < -0.3 is 5.11 Å². The lowest BCUT2D eigenvalue weighted by atomic mass is 9.78. The highest BCUT2D eigenvalue weighted by molar-refractivity contribution is 5.96. The zero-order chi connectivity index (χ0) is 27.8. The first kappa shape index (κ1) is 27.9. The first-order valence-corrected chi connectivity index (χ1v) is 11.7. The van der Waals surface area contributed by atoms with E-state index in [0.29, 0.717) is 11.1 Å². The molecule has 0 unspecified atom stereocenters. The number of alkyl halides is 3. The molecule has 0 saturated carbocycles. The van der Waals surface area contributed by atoms with E-state index in [-0.39, 0.29) is 17.9 Å². The first-order valence-electron chi connectivity index (χ1n) is 11.7. The average molecular weight is 517 g/mol. The Morgan fingerprint density at radius 2 is 1.49 bits per heavy atom. The van der Waals surface area contributed by atoms with E-state index in [1.165, 1.54) is 11.0 Å². The van der Waals surface area contributed by atoms with E-state index in [2.05, 4.69) is 9.98 Å². The van der Waals surface area contributed by atoms with Gasteiger partial charge in [0.1, 0.15) is 18.6 Å². The number of benzene rings is 2. The SMILES string of the molecule is CC(C)(C)c1cc(C(=O)Cn2c(=NC(=O)C(F)(F)F)ncn2Cc2ccccc2)cc(C(C)(C)C)c1O. The van der Waals surface area contributed by atoms with Gasteiger partial charge in [-0.1, -0.05) is 71.9 Å². The number of carbonyl (C=O) groups excluding carboxylic acids is 2. The Kier molecular flexibility index (Phi) is 7.53. The van der Waals surface area contributed by atoms with Crippen LogP contribution < -0.4 is 5.62 Å². The van der Waals surface area contributed by atoms with Gasteiger partial charge >= 0.3 is 12.1 Å². The van der Waals surface area contributed by atoms with Crippen LogP contribution in [0.15, 0.2) is 53.8 Å². The summed E-state index contributed by atoms with van der Waals surface area (Å²) in [7, 11) is 0. The summed E-state index contributed by atoms with van der Waals surface area (Å²) in [5, 5.41) is 11.0. The van der Waals surface area contributed by atoms with Crippen LogP contribution in [0.3, 0.4) is 0 Å². The molecule has 10 heteroatoms. The quantitative estimate of drug-likeness (QED) is 0.488. The van der Waals surface area contributed by atoms with Gasteiger partial charge in [0, 0.05) is 16.7 Å². The number of hydrogen-bond acceptors (Lipinski definition) is 4. The monoisotopic (exact) mass is 516 g/mol. The van der Waals surface area contributed by atoms with Crippen molar-refractivity contribution in [2.24, 2.45) is 4.99 Å². The normalized spacial score (nSPS) is 13.2. The highest BCUT2D eigenvalue weighted by Gasteiger charge is 2.39. The molecule has 37 heavy (non-hydrogen) atoms. The fourth-order valence-corrected chi connectivity index (χ4v) is 3.83. The molecule has 0 fully saturated rings. The summed E-state index contributed by atoms with van der Waals surface area (Å²) in [6.45, 7) is 11.2. The number of nitrogens with zero attached hydrogens (tertiary/aromatic N) is 4. The van der Waals surface area contributed by atoms with E-state index < -0.39 is 40.9 Å². The van der Waals surface area contributed by atoms with Crippen LogP contribution in [0.5, 0.6) is 5.75 Å². The molecule has 0 aliphatic rings. The summed E-state index contributed by atoms with van der Waals surface area (Å²) in [4.78, 5) is 32.1. The van der Waals surface area contributed by atoms with Crippen molar-refractivity contribution in [3.05, 3.63) is 76.7 Å². The summed E-state index contributed by atoms with van der Waals surface area (Å²) in [5.41, 5.74) is 0.735. The maximum absolute atomic E-state index is 13.5. The third-order valence-electron chi connectivity index (χ3n) is 5.82. The van der Waals surface area contributed by atoms with Crippen LogP contribution in [0.2, 0.25) is 0 Å². The minimum absolute atomic E-state index is 0.102. The molecule has 7 nitrogen and oxygen atoms in total. The predicted octanol–water partition coefficient (Wildman–Crippen LogP) is 4.91. The predicted molar refractivity (Wildman–Crippen MR) is 132 cm³/mol. The molecule has 0 spiro atoms. The van der Waals surface area contributed by atoms with Crippen molar-refractivity contribution in [3.63, 3.8) is 0 Å². The van der Waals surface area contributed by atoms with Gasteiger partial charge in [0.15, 0.2) is 5.78 Å². The topological polar surface area (TPSA) is 89.5 Å². The summed E-state index contributed by atoms with van der Waals surface area (Å²) in [5.74, 6) is -2.65. The van der Waals surface area contributed by atoms with Gasteiger partial charge in [0.05, 0.1) is 6.54 Å². The van der Waals surface area contributed by atoms with Gasteiger partial charge in [-0.2, -0.15) is 18.2 Å². The number of halogens is 3. The second kappa shape index (κ2) is 9.99. The van der Waals surface area contributed by atoms with Crippen LogP contribution in [-0.2, 0) is 28.7 Å². The first-order chi connectivity index (χ1) is 17.0. The minimum atomic E-state index is -5.18. The molecular weight excluding hydrogens is 485 g/mol. The molecule has 1 aromatic heterocycles. The molecule has 0 atom stereocenters. The number of amides is 1. The Morgan fingerprint density at radius 1 is 0.946 bits per heavy atom. The van der Waals surface area contributed by atoms with E-state index in [0.717, 1.165) is 10.2 Å². The van der Waals surface area contributed by atoms with Crippen molar-refractivity contribution in [1.29, 1.82) is 0 Å². The molecule has 1 heterocycles. The largest absolute Gasteiger partial charge is 0.507 e. The third-order valence-corrected chi connectivity index (χ3v) is 5.82. The summed E-state index contributed by atoms with van der Waals surface area (Å²) >= 11 is 0. The average Bonchev–Trinajstić information content (AvgIpc) is 3.13. The number of Topliss-reactive ketones (excluding diaryl/α,β-unsaturated/α-hetero) is 1. The highest BCUT2D eigenvalue weighted by atomic mass is 19.4. The Bertz CT molecular complexity index is 1340. The van der Waals surface area contributed by atoms with E-state index in [9.17, 15) is 27.9 Å². The summed E-state index contributed by atoms with van der Waals surface area (Å²) in [6.07, 6.45) is -3.94. The van der Waals surface area contributed by atoms with Crippen molar-refractivity contribution in [2.75, 3.05) is 0 Å². The molecule has 0 radical (unpaired) electrons. The molecule has 2 aromatic carbocycles. The zero-order valence-corrected chi connectivity index (χ0v) is 21.7. The molecule has 1 amide bonds. The molecular formula is C27H31F3N4O3. The van der Waals surface area contributed by atoms with Crippen molar-refractivity contribution in [2.45, 2.75) is 71.6 Å². The maximum Gasteiger partial charge on any atom is 0.473 e. The van der Waals surface area contributed by atoms with Crippen LogP contribution in [0.1, 0.15) is 68.6 Å². The van der Waals surface area contributed by atoms with Crippen molar-refractivity contribution < 1.29 is 27.9 Å². The number of phenols is 1. The van der Waals surface area contributed by atoms with E-state index in [1.807, 2.05) is 59.7 Å². The number of hydrogen-bond donors (Lipinski definition) is 1. The third kappa shape index (κ3) is 6.55. The summed E-state index contributed by atoms with van der Waals surface area (Å²) < 4.78 is 41.3. The Hall–Kier alpha value is -3.69. The van der Waals surface area contributed by atoms with Gasteiger partial charge in [0.2, 0.25) is 5.62 Å². The molecule has 1 N–H and O–H groups in total. The second-order valence-electron chi connectivity index (χ2n) is 10.9. The molecule has 3 rings (SSSR count). The number of rotatable bonds is 5. The molecule has 0 saturated heterocycles. The van der Waals surface area contributed by atoms with Crippen LogP contribution in [0, 0.1) is 0 Å². The zero-order valence-electron chi connectivity index (χ0n) is 21.7. The molecule has 3 aromatic rings. The standard InChI is InChI=1S/C27H31F3N4O3/c1-25(2,3)19-12-18(13-20(22(19)36)26(4,5)6)21(35)15-34-24(32-23(37)27(28,29)30)31-16-33(34)14-17-10-8-7-9-11-17/h7-13,16,36H,14-15H2,1-6H3. The lowest BCUT2D eigenvalue weighted by Gasteiger charge is -2.28. The minimum Gasteiger partial charge on any atom is -0.507 e. The smallest absolute Gasteiger partial charge is 0.473 e. The van der Waals surface area contributed by atoms with Crippen LogP contribution >= 0.6 is 0 Å². The van der Waals surface area contributed by atoms with E-state index >= 15 is 0 Å². The number of ketones is 1. The molecule has 0 aliphatic carbocycles. The van der Waals surface area contributed by atoms with Crippen LogP contribution in [-0.4, -0.2) is 37.3 Å². The van der Waals surface area contributed by atoms with Crippen LogP contribution in [0.25, 0.3) is 0 Å². The Labute approximate surface area is 213 Å². The van der Waals surface area contributed by atoms with E-state index in [4.69, 9.17) is 0 Å². The van der Waals surface area contributed by atoms with E-state index in [1.54, 1.807) is 24.3 Å². The molecule has 0 aliphatic heterocycles. The number of aromatic nitrogens is 3. The van der Waals surface area contributed by atoms with Crippen molar-refractivity contribution >= 4 is 11.7 Å². The van der Waals surface area contributed by atoms with Crippen LogP contribution in [0.4, 0.5) is 13.2 Å². The van der Waals surface area contributed by atoms with Gasteiger partial charge in [-0.25, -0.2) is 9.67 Å². The lowest BCUT2D eigenvalue weighted by Crippen LogP contribution is -2.32. The second-order valence-corrected chi connectivity index (χ2v) is 10.9. The van der Waals surface area contributed by atoms with Gasteiger partial charge in [0.25, 0.3) is 0 Å². The number of carbonyl (C=O) groups is 2. The van der Waals surface area contributed by atoms with Gasteiger partial charge in [-0.05, 0) is 28.5 Å². The fourth-order valence-electron chi connectivity index (χ4n) is 3.83. The van der Waals surface area contributed by atoms with Gasteiger partial charge in [-0.3, -0.25) is 14.3 Å². The Morgan fingerprint density at radius 3 is 1.97 bits per heavy atom. The van der Waals surface area contributed by atoms with Gasteiger partial charge in [-0.15, -0.1) is 0 Å². The summed E-state index contributed by atoms with van der Waals surface area (Å²) in [6, 6.07) is 12.3. The fraction of sp³-hybridized carbons (Fsp3) is 0.407. The highest BCUT2D eigenvalue weighted by Crippen LogP contribution is 2.39. The van der Waals surface area contributed by atoms with Crippen molar-refractivity contribution in [3.8, 4) is 5.75 Å². The Balaban J connectivity index is 2.13. The number of aromatic hydroxyl groups is 1. The number of phenolic OH excluding ortho intramolecular Hbond substituents is 1. The lowest BCUT2D eigenvalue weighted by molar-refractivity contribution is -0.169. The molecule has 0 bridgehead atoms. The molecule has 198 valence electrons. The maximum atomic E-state index is 13.5.